The van der Waals surface area contributed by atoms with E-state index in [-0.39, 0.29) is 16.7 Å². The van der Waals surface area contributed by atoms with E-state index >= 15 is 0 Å². The maximum absolute atomic E-state index is 13.4. The number of benzene rings is 2. The van der Waals surface area contributed by atoms with Gasteiger partial charge >= 0.3 is 0 Å². The Morgan fingerprint density at radius 3 is 2.92 bits per heavy atom. The molecule has 0 unspecified atom stereocenters. The zero-order valence-corrected chi connectivity index (χ0v) is 13.5. The molecule has 0 saturated heterocycles. The van der Waals surface area contributed by atoms with Crippen molar-refractivity contribution in [2.45, 2.75) is 0 Å². The number of fused-ring (bicyclic) bond motifs is 3. The number of rotatable bonds is 3. The van der Waals surface area contributed by atoms with Gasteiger partial charge in [0.15, 0.2) is 11.2 Å². The van der Waals surface area contributed by atoms with Gasteiger partial charge in [0.25, 0.3) is 11.5 Å². The van der Waals surface area contributed by atoms with Crippen LogP contribution in [-0.4, -0.2) is 32.8 Å². The molecule has 0 atom stereocenters. The first kappa shape index (κ1) is 15.8. The molecule has 8 nitrogen and oxygen atoms in total. The van der Waals surface area contributed by atoms with E-state index in [4.69, 9.17) is 4.74 Å². The summed E-state index contributed by atoms with van der Waals surface area (Å²) in [6, 6.07) is 10.6. The van der Waals surface area contributed by atoms with E-state index in [1.165, 1.54) is 29.8 Å². The molecule has 0 radical (unpaired) electrons. The number of hydrogen-bond donors (Lipinski definition) is 2. The second kappa shape index (κ2) is 5.96. The molecule has 4 aromatic rings. The minimum Gasteiger partial charge on any atom is -0.497 e. The highest BCUT2D eigenvalue weighted by Gasteiger charge is 2.20. The number of halogens is 1. The van der Waals surface area contributed by atoms with Crippen LogP contribution in [0.15, 0.2) is 47.3 Å². The van der Waals surface area contributed by atoms with Crippen LogP contribution in [0.4, 0.5) is 10.1 Å². The molecule has 4 rings (SSSR count). The summed E-state index contributed by atoms with van der Waals surface area (Å²) in [7, 11) is 1.52. The van der Waals surface area contributed by atoms with Crippen molar-refractivity contribution in [3.8, 4) is 5.75 Å². The minimum absolute atomic E-state index is 0.0236. The summed E-state index contributed by atoms with van der Waals surface area (Å²) in [6.45, 7) is 0. The summed E-state index contributed by atoms with van der Waals surface area (Å²) >= 11 is 0. The smallest absolute Gasteiger partial charge is 0.278 e. The van der Waals surface area contributed by atoms with Gasteiger partial charge in [0, 0.05) is 11.8 Å². The van der Waals surface area contributed by atoms with Crippen molar-refractivity contribution in [2.75, 3.05) is 12.4 Å². The molecular weight excluding hydrogens is 341 g/mol. The van der Waals surface area contributed by atoms with Gasteiger partial charge in [-0.3, -0.25) is 9.59 Å². The first-order chi connectivity index (χ1) is 12.6. The zero-order chi connectivity index (χ0) is 18.3. The summed E-state index contributed by atoms with van der Waals surface area (Å²) in [5.41, 5.74) is 0.407. The van der Waals surface area contributed by atoms with Crippen LogP contribution in [0.25, 0.3) is 16.6 Å². The SMILES string of the molecule is COc1cccc(NC(=O)c2nnn3c2c(=O)[nH]c2cc(F)ccc23)c1. The Hall–Kier alpha value is -3.75. The molecule has 0 aliphatic carbocycles. The third-order valence-electron chi connectivity index (χ3n) is 3.86. The number of hydrogen-bond acceptors (Lipinski definition) is 5. The highest BCUT2D eigenvalue weighted by molar-refractivity contribution is 6.07. The average molecular weight is 353 g/mol. The van der Waals surface area contributed by atoms with E-state index in [2.05, 4.69) is 20.6 Å². The lowest BCUT2D eigenvalue weighted by molar-refractivity contribution is 0.102. The van der Waals surface area contributed by atoms with Crippen LogP contribution in [-0.2, 0) is 0 Å². The third-order valence-corrected chi connectivity index (χ3v) is 3.86. The molecule has 130 valence electrons. The highest BCUT2D eigenvalue weighted by atomic mass is 19.1. The van der Waals surface area contributed by atoms with Crippen molar-refractivity contribution in [1.29, 1.82) is 0 Å². The van der Waals surface area contributed by atoms with Crippen molar-refractivity contribution < 1.29 is 13.9 Å². The van der Waals surface area contributed by atoms with Crippen LogP contribution >= 0.6 is 0 Å². The maximum atomic E-state index is 13.4. The van der Waals surface area contributed by atoms with Crippen molar-refractivity contribution in [3.05, 3.63) is 64.3 Å². The van der Waals surface area contributed by atoms with Gasteiger partial charge in [-0.2, -0.15) is 0 Å². The Bertz CT molecular complexity index is 1210. The molecular formula is C17H12FN5O3. The van der Waals surface area contributed by atoms with Gasteiger partial charge in [0.2, 0.25) is 0 Å². The summed E-state index contributed by atoms with van der Waals surface area (Å²) in [5, 5.41) is 10.3. The Morgan fingerprint density at radius 2 is 2.12 bits per heavy atom. The van der Waals surface area contributed by atoms with Crippen LogP contribution in [0, 0.1) is 5.82 Å². The first-order valence-corrected chi connectivity index (χ1v) is 7.59. The van der Waals surface area contributed by atoms with Gasteiger partial charge in [-0.1, -0.05) is 11.3 Å². The fraction of sp³-hybridized carbons (Fsp3) is 0.0588. The summed E-state index contributed by atoms with van der Waals surface area (Å²) in [6.07, 6.45) is 0. The number of nitrogens with one attached hydrogen (secondary N) is 2. The lowest BCUT2D eigenvalue weighted by Gasteiger charge is -2.05. The molecule has 2 aromatic carbocycles. The van der Waals surface area contributed by atoms with E-state index in [1.807, 2.05) is 0 Å². The van der Waals surface area contributed by atoms with Crippen molar-refractivity contribution in [1.82, 2.24) is 19.8 Å². The number of H-pyrrole nitrogens is 1. The standard InChI is InChI=1S/C17H12FN5O3/c1-26-11-4-2-3-10(8-11)19-16(24)14-15-17(25)20-12-7-9(18)5-6-13(12)23(15)22-21-14/h2-8H,1H3,(H,19,24)(H,20,25). The van der Waals surface area contributed by atoms with E-state index < -0.39 is 17.3 Å². The number of anilines is 1. The average Bonchev–Trinajstić information content (AvgIpc) is 3.07. The van der Waals surface area contributed by atoms with Crippen LogP contribution in [0.2, 0.25) is 0 Å². The van der Waals surface area contributed by atoms with E-state index in [1.54, 1.807) is 24.3 Å². The Labute approximate surface area is 145 Å². The molecule has 0 saturated carbocycles. The topological polar surface area (TPSA) is 101 Å². The zero-order valence-electron chi connectivity index (χ0n) is 13.5. The Morgan fingerprint density at radius 1 is 1.27 bits per heavy atom. The normalized spacial score (nSPS) is 11.0. The molecule has 0 fully saturated rings. The monoisotopic (exact) mass is 353 g/mol. The highest BCUT2D eigenvalue weighted by Crippen LogP contribution is 2.19. The van der Waals surface area contributed by atoms with Crippen LogP contribution < -0.4 is 15.6 Å². The van der Waals surface area contributed by atoms with Crippen molar-refractivity contribution >= 4 is 28.1 Å². The number of aromatic amines is 1. The quantitative estimate of drug-likeness (QED) is 0.586. The predicted molar refractivity (Wildman–Crippen MR) is 92.0 cm³/mol. The number of carbonyl (C=O) groups excluding carboxylic acids is 1. The lowest BCUT2D eigenvalue weighted by Crippen LogP contribution is -2.18. The van der Waals surface area contributed by atoms with Gasteiger partial charge in [0.1, 0.15) is 11.6 Å². The number of nitrogens with zero attached hydrogens (tertiary/aromatic N) is 3. The van der Waals surface area contributed by atoms with Crippen molar-refractivity contribution in [3.63, 3.8) is 0 Å². The second-order valence-corrected chi connectivity index (χ2v) is 5.50. The van der Waals surface area contributed by atoms with Gasteiger partial charge in [-0.25, -0.2) is 8.91 Å². The molecule has 2 N–H and O–H groups in total. The van der Waals surface area contributed by atoms with Crippen LogP contribution in [0.3, 0.4) is 0 Å². The third kappa shape index (κ3) is 2.55. The fourth-order valence-electron chi connectivity index (χ4n) is 2.67. The van der Waals surface area contributed by atoms with Gasteiger partial charge in [0.05, 0.1) is 18.1 Å². The minimum atomic E-state index is -0.597. The molecule has 0 aliphatic heterocycles. The Balaban J connectivity index is 1.80. The summed E-state index contributed by atoms with van der Waals surface area (Å²) < 4.78 is 19.7. The predicted octanol–water partition coefficient (Wildman–Crippen LogP) is 1.97. The van der Waals surface area contributed by atoms with Crippen LogP contribution in [0.1, 0.15) is 10.5 Å². The largest absolute Gasteiger partial charge is 0.497 e. The second-order valence-electron chi connectivity index (χ2n) is 5.50. The van der Waals surface area contributed by atoms with E-state index in [9.17, 15) is 14.0 Å². The number of methoxy groups -OCH3 is 1. The summed E-state index contributed by atoms with van der Waals surface area (Å²) in [4.78, 5) is 27.5. The maximum Gasteiger partial charge on any atom is 0.278 e. The molecule has 1 amide bonds. The van der Waals surface area contributed by atoms with Crippen LogP contribution in [0.5, 0.6) is 5.75 Å². The van der Waals surface area contributed by atoms with E-state index in [0.717, 1.165) is 0 Å². The van der Waals surface area contributed by atoms with Gasteiger partial charge < -0.3 is 15.0 Å². The lowest BCUT2D eigenvalue weighted by atomic mass is 10.2. The molecule has 2 heterocycles. The Kier molecular flexibility index (Phi) is 3.61. The number of ether oxygens (including phenoxy) is 1. The van der Waals surface area contributed by atoms with Gasteiger partial charge in [-0.15, -0.1) is 5.10 Å². The molecule has 0 aliphatic rings. The first-order valence-electron chi connectivity index (χ1n) is 7.59. The van der Waals surface area contributed by atoms with E-state index in [0.29, 0.717) is 17.0 Å². The summed E-state index contributed by atoms with van der Waals surface area (Å²) in [5.74, 6) is -0.523. The molecule has 9 heteroatoms. The molecule has 26 heavy (non-hydrogen) atoms. The molecule has 0 spiro atoms. The number of amides is 1. The van der Waals surface area contributed by atoms with Crippen molar-refractivity contribution in [2.24, 2.45) is 0 Å². The molecule has 0 bridgehead atoms. The fourth-order valence-corrected chi connectivity index (χ4v) is 2.67. The number of carbonyl (C=O) groups is 1. The van der Waals surface area contributed by atoms with Gasteiger partial charge in [-0.05, 0) is 30.3 Å². The molecule has 2 aromatic heterocycles. The number of aromatic nitrogens is 4.